The van der Waals surface area contributed by atoms with Crippen LogP contribution < -0.4 is 19.5 Å². The predicted octanol–water partition coefficient (Wildman–Crippen LogP) is 5.16. The molecule has 0 radical (unpaired) electrons. The lowest BCUT2D eigenvalue weighted by Crippen LogP contribution is -2.10. The van der Waals surface area contributed by atoms with Gasteiger partial charge in [-0.25, -0.2) is 0 Å². The summed E-state index contributed by atoms with van der Waals surface area (Å²) in [7, 11) is 0. The quantitative estimate of drug-likeness (QED) is 0.505. The molecule has 27 heavy (non-hydrogen) atoms. The minimum Gasteiger partial charge on any atom is -0.494 e. The average molecular weight is 363 g/mol. The fraction of sp³-hybridized carbons (Fsp3) is 0.217. The van der Waals surface area contributed by atoms with Gasteiger partial charge < -0.3 is 19.5 Å². The van der Waals surface area contributed by atoms with Crippen molar-refractivity contribution in [3.05, 3.63) is 84.4 Å². The van der Waals surface area contributed by atoms with Gasteiger partial charge in [0.25, 0.3) is 0 Å². The van der Waals surface area contributed by atoms with E-state index in [1.165, 1.54) is 0 Å². The van der Waals surface area contributed by atoms with E-state index in [1.807, 2.05) is 79.7 Å². The molecule has 0 unspecified atom stereocenters. The van der Waals surface area contributed by atoms with Gasteiger partial charge in [-0.3, -0.25) is 0 Å². The molecule has 3 aromatic carbocycles. The molecule has 3 aromatic rings. The molecule has 0 aliphatic heterocycles. The Hall–Kier alpha value is -3.14. The van der Waals surface area contributed by atoms with Crippen molar-refractivity contribution < 1.29 is 14.2 Å². The average Bonchev–Trinajstić information content (AvgIpc) is 2.72. The van der Waals surface area contributed by atoms with E-state index in [0.29, 0.717) is 26.4 Å². The molecular weight excluding hydrogens is 338 g/mol. The number of nitrogens with one attached hydrogen (secondary N) is 1. The minimum absolute atomic E-state index is 0.495. The highest BCUT2D eigenvalue weighted by Crippen LogP contribution is 2.21. The Morgan fingerprint density at radius 2 is 1.33 bits per heavy atom. The topological polar surface area (TPSA) is 39.7 Å². The van der Waals surface area contributed by atoms with Gasteiger partial charge in [-0.1, -0.05) is 36.4 Å². The second kappa shape index (κ2) is 10.1. The van der Waals surface area contributed by atoms with Crippen LogP contribution in [0.4, 0.5) is 5.69 Å². The number of anilines is 1. The maximum Gasteiger partial charge on any atom is 0.124 e. The molecule has 0 aliphatic rings. The van der Waals surface area contributed by atoms with Crippen LogP contribution in [-0.4, -0.2) is 19.8 Å². The summed E-state index contributed by atoms with van der Waals surface area (Å²) in [6.45, 7) is 4.34. The Morgan fingerprint density at radius 1 is 0.667 bits per heavy atom. The molecule has 0 atom stereocenters. The smallest absolute Gasteiger partial charge is 0.124 e. The first-order valence-electron chi connectivity index (χ1n) is 9.20. The van der Waals surface area contributed by atoms with Crippen LogP contribution in [0.25, 0.3) is 0 Å². The summed E-state index contributed by atoms with van der Waals surface area (Å²) in [5, 5.41) is 3.42. The second-order valence-corrected chi connectivity index (χ2v) is 5.93. The molecule has 0 heterocycles. The summed E-state index contributed by atoms with van der Waals surface area (Å²) < 4.78 is 17.1. The first-order chi connectivity index (χ1) is 13.3. The maximum atomic E-state index is 5.91. The zero-order chi connectivity index (χ0) is 18.7. The third-order valence-electron chi connectivity index (χ3n) is 3.97. The number of para-hydroxylation sites is 2. The summed E-state index contributed by atoms with van der Waals surface area (Å²) in [5.41, 5.74) is 2.15. The summed E-state index contributed by atoms with van der Waals surface area (Å²) in [4.78, 5) is 0. The summed E-state index contributed by atoms with van der Waals surface area (Å²) >= 11 is 0. The van der Waals surface area contributed by atoms with Crippen molar-refractivity contribution in [1.29, 1.82) is 0 Å². The van der Waals surface area contributed by atoms with Crippen LogP contribution >= 0.6 is 0 Å². The highest BCUT2D eigenvalue weighted by Gasteiger charge is 2.04. The number of ether oxygens (including phenoxy) is 3. The Kier molecular flexibility index (Phi) is 6.99. The van der Waals surface area contributed by atoms with E-state index in [2.05, 4.69) is 11.4 Å². The van der Waals surface area contributed by atoms with E-state index < -0.39 is 0 Å². The third kappa shape index (κ3) is 5.96. The van der Waals surface area contributed by atoms with Crippen LogP contribution in [0, 0.1) is 0 Å². The number of rotatable bonds is 10. The zero-order valence-electron chi connectivity index (χ0n) is 15.6. The fourth-order valence-electron chi connectivity index (χ4n) is 2.65. The molecule has 1 N–H and O–H groups in total. The van der Waals surface area contributed by atoms with Crippen LogP contribution in [0.1, 0.15) is 12.5 Å². The normalized spacial score (nSPS) is 10.3. The highest BCUT2D eigenvalue weighted by atomic mass is 16.5. The molecule has 140 valence electrons. The SMILES string of the molecule is CCOc1ccc(NCc2ccccc2OCCOc2ccccc2)cc1. The van der Waals surface area contributed by atoms with Gasteiger partial charge in [0, 0.05) is 17.8 Å². The van der Waals surface area contributed by atoms with Gasteiger partial charge in [0.1, 0.15) is 30.5 Å². The van der Waals surface area contributed by atoms with E-state index in [-0.39, 0.29) is 0 Å². The third-order valence-corrected chi connectivity index (χ3v) is 3.97. The molecular formula is C23H25NO3. The number of hydrogen-bond acceptors (Lipinski definition) is 4. The molecule has 4 nitrogen and oxygen atoms in total. The Bertz CT molecular complexity index is 803. The number of benzene rings is 3. The van der Waals surface area contributed by atoms with E-state index in [9.17, 15) is 0 Å². The number of hydrogen-bond donors (Lipinski definition) is 1. The summed E-state index contributed by atoms with van der Waals surface area (Å²) in [5.74, 6) is 2.60. The standard InChI is InChI=1S/C23H25NO3/c1-2-25-22-14-12-20(13-15-22)24-18-19-8-6-7-11-23(19)27-17-16-26-21-9-4-3-5-10-21/h3-15,24H,2,16-18H2,1H3. The maximum absolute atomic E-state index is 5.91. The van der Waals surface area contributed by atoms with Gasteiger partial charge in [0.2, 0.25) is 0 Å². The monoisotopic (exact) mass is 363 g/mol. The fourth-order valence-corrected chi connectivity index (χ4v) is 2.65. The van der Waals surface area contributed by atoms with Gasteiger partial charge in [-0.2, -0.15) is 0 Å². The van der Waals surface area contributed by atoms with Crippen LogP contribution in [-0.2, 0) is 6.54 Å². The molecule has 0 aliphatic carbocycles. The van der Waals surface area contributed by atoms with Crippen LogP contribution in [0.15, 0.2) is 78.9 Å². The van der Waals surface area contributed by atoms with Gasteiger partial charge in [-0.15, -0.1) is 0 Å². The second-order valence-electron chi connectivity index (χ2n) is 5.93. The van der Waals surface area contributed by atoms with E-state index in [1.54, 1.807) is 0 Å². The molecule has 0 bridgehead atoms. The Morgan fingerprint density at radius 3 is 2.11 bits per heavy atom. The first-order valence-corrected chi connectivity index (χ1v) is 9.20. The van der Waals surface area contributed by atoms with Crippen molar-refractivity contribution in [2.45, 2.75) is 13.5 Å². The van der Waals surface area contributed by atoms with Crippen molar-refractivity contribution in [2.75, 3.05) is 25.1 Å². The van der Waals surface area contributed by atoms with Gasteiger partial charge in [0.15, 0.2) is 0 Å². The van der Waals surface area contributed by atoms with Crippen molar-refractivity contribution in [2.24, 2.45) is 0 Å². The van der Waals surface area contributed by atoms with E-state index in [0.717, 1.165) is 28.5 Å². The van der Waals surface area contributed by atoms with E-state index in [4.69, 9.17) is 14.2 Å². The minimum atomic E-state index is 0.495. The lowest BCUT2D eigenvalue weighted by Gasteiger charge is -2.13. The molecule has 0 aromatic heterocycles. The van der Waals surface area contributed by atoms with Gasteiger partial charge in [0.05, 0.1) is 6.61 Å². The molecule has 4 heteroatoms. The molecule has 0 saturated heterocycles. The van der Waals surface area contributed by atoms with Crippen molar-refractivity contribution in [1.82, 2.24) is 0 Å². The Labute approximate surface area is 160 Å². The largest absolute Gasteiger partial charge is 0.494 e. The van der Waals surface area contributed by atoms with E-state index >= 15 is 0 Å². The van der Waals surface area contributed by atoms with Gasteiger partial charge in [-0.05, 0) is 49.4 Å². The molecule has 0 spiro atoms. The molecule has 3 rings (SSSR count). The van der Waals surface area contributed by atoms with Crippen LogP contribution in [0.2, 0.25) is 0 Å². The lowest BCUT2D eigenvalue weighted by atomic mass is 10.2. The molecule has 0 amide bonds. The summed E-state index contributed by atoms with van der Waals surface area (Å²) in [6.07, 6.45) is 0. The van der Waals surface area contributed by atoms with Crippen molar-refractivity contribution >= 4 is 5.69 Å². The molecule has 0 saturated carbocycles. The highest BCUT2D eigenvalue weighted by molar-refractivity contribution is 5.48. The summed E-state index contributed by atoms with van der Waals surface area (Å²) in [6, 6.07) is 25.8. The van der Waals surface area contributed by atoms with Gasteiger partial charge >= 0.3 is 0 Å². The van der Waals surface area contributed by atoms with Crippen molar-refractivity contribution in [3.63, 3.8) is 0 Å². The van der Waals surface area contributed by atoms with Crippen molar-refractivity contribution in [3.8, 4) is 17.2 Å². The Balaban J connectivity index is 1.49. The van der Waals surface area contributed by atoms with Crippen LogP contribution in [0.3, 0.4) is 0 Å². The predicted molar refractivity (Wildman–Crippen MR) is 109 cm³/mol. The zero-order valence-corrected chi connectivity index (χ0v) is 15.6. The van der Waals surface area contributed by atoms with Crippen LogP contribution in [0.5, 0.6) is 17.2 Å². The molecule has 0 fully saturated rings. The lowest BCUT2D eigenvalue weighted by molar-refractivity contribution is 0.216. The first kappa shape index (κ1) is 18.6.